The predicted octanol–water partition coefficient (Wildman–Crippen LogP) is 2.88. The van der Waals surface area contributed by atoms with E-state index in [4.69, 9.17) is 22.1 Å². The Labute approximate surface area is 133 Å². The first kappa shape index (κ1) is 16.2. The van der Waals surface area contributed by atoms with Gasteiger partial charge in [-0.15, -0.1) is 11.3 Å². The average Bonchev–Trinajstić information content (AvgIpc) is 2.79. The number of carbonyl (C=O) groups is 1. The van der Waals surface area contributed by atoms with Crippen molar-refractivity contribution < 1.29 is 9.53 Å². The molecule has 0 aliphatic carbocycles. The van der Waals surface area contributed by atoms with Gasteiger partial charge in [-0.1, -0.05) is 29.8 Å². The number of nitrogens with two attached hydrogens (primary N) is 1. The van der Waals surface area contributed by atoms with Gasteiger partial charge in [0, 0.05) is 35.2 Å². The number of fused-ring (bicyclic) bond motifs is 1. The average molecular weight is 327 g/mol. The van der Waals surface area contributed by atoms with Crippen LogP contribution in [0.1, 0.15) is 11.8 Å². The first-order valence-corrected chi connectivity index (χ1v) is 7.92. The monoisotopic (exact) mass is 326 g/mol. The van der Waals surface area contributed by atoms with Crippen LogP contribution < -0.4 is 5.73 Å². The molecule has 0 fully saturated rings. The summed E-state index contributed by atoms with van der Waals surface area (Å²) in [4.78, 5) is 14.5. The number of primary amides is 1. The molecule has 0 saturated carbocycles. The standard InChI is InChI=1S/C15H19ClN2O2S/c1-10(15(17)19)18(7-8-20-2)9-13-14(16)11-5-3-4-6-12(11)21-13/h3-6,10H,7-9H2,1-2H3,(H2,17,19). The van der Waals surface area contributed by atoms with Crippen molar-refractivity contribution in [2.45, 2.75) is 19.5 Å². The Balaban J connectivity index is 2.25. The van der Waals surface area contributed by atoms with Gasteiger partial charge in [0.05, 0.1) is 17.7 Å². The largest absolute Gasteiger partial charge is 0.383 e. The van der Waals surface area contributed by atoms with Gasteiger partial charge in [-0.05, 0) is 13.0 Å². The SMILES string of the molecule is COCCN(Cc1sc2ccccc2c1Cl)C(C)C(N)=O. The first-order valence-electron chi connectivity index (χ1n) is 6.72. The van der Waals surface area contributed by atoms with E-state index in [1.807, 2.05) is 29.2 Å². The summed E-state index contributed by atoms with van der Waals surface area (Å²) in [5, 5.41) is 1.81. The van der Waals surface area contributed by atoms with Gasteiger partial charge in [-0.2, -0.15) is 0 Å². The Morgan fingerprint density at radius 3 is 2.81 bits per heavy atom. The van der Waals surface area contributed by atoms with Crippen molar-refractivity contribution in [1.29, 1.82) is 0 Å². The summed E-state index contributed by atoms with van der Waals surface area (Å²) in [7, 11) is 1.64. The minimum atomic E-state index is -0.360. The van der Waals surface area contributed by atoms with Crippen LogP contribution >= 0.6 is 22.9 Å². The number of benzene rings is 1. The number of amides is 1. The zero-order chi connectivity index (χ0) is 15.4. The molecule has 0 aliphatic rings. The molecule has 0 saturated heterocycles. The number of hydrogen-bond acceptors (Lipinski definition) is 4. The summed E-state index contributed by atoms with van der Waals surface area (Å²) in [5.74, 6) is -0.344. The number of hydrogen-bond donors (Lipinski definition) is 1. The van der Waals surface area contributed by atoms with Crippen LogP contribution in [0.15, 0.2) is 24.3 Å². The Bertz CT molecular complexity index is 629. The molecule has 1 unspecified atom stereocenters. The molecule has 1 aromatic heterocycles. The lowest BCUT2D eigenvalue weighted by Crippen LogP contribution is -2.43. The quantitative estimate of drug-likeness (QED) is 0.851. The predicted molar refractivity (Wildman–Crippen MR) is 87.8 cm³/mol. The second-order valence-electron chi connectivity index (χ2n) is 4.88. The molecule has 0 spiro atoms. The van der Waals surface area contributed by atoms with Gasteiger partial charge < -0.3 is 10.5 Å². The maximum Gasteiger partial charge on any atom is 0.234 e. The molecule has 2 rings (SSSR count). The first-order chi connectivity index (χ1) is 10.0. The van der Waals surface area contributed by atoms with Crippen LogP contribution in [0.5, 0.6) is 0 Å². The minimum absolute atomic E-state index is 0.344. The molecule has 0 aliphatic heterocycles. The van der Waals surface area contributed by atoms with Crippen molar-refractivity contribution in [2.75, 3.05) is 20.3 Å². The normalized spacial score (nSPS) is 13.0. The molecule has 2 N–H and O–H groups in total. The number of thiophene rings is 1. The van der Waals surface area contributed by atoms with E-state index in [1.165, 1.54) is 0 Å². The molecule has 0 bridgehead atoms. The van der Waals surface area contributed by atoms with Crippen molar-refractivity contribution in [3.8, 4) is 0 Å². The number of halogens is 1. The second kappa shape index (κ2) is 7.22. The lowest BCUT2D eigenvalue weighted by Gasteiger charge is -2.26. The fraction of sp³-hybridized carbons (Fsp3) is 0.400. The summed E-state index contributed by atoms with van der Waals surface area (Å²) >= 11 is 8.10. The van der Waals surface area contributed by atoms with E-state index in [0.29, 0.717) is 19.7 Å². The van der Waals surface area contributed by atoms with Crippen LogP contribution in [0.25, 0.3) is 10.1 Å². The fourth-order valence-electron chi connectivity index (χ4n) is 2.15. The molecule has 1 heterocycles. The number of nitrogens with zero attached hydrogens (tertiary/aromatic N) is 1. The molecule has 1 atom stereocenters. The van der Waals surface area contributed by atoms with Crippen LogP contribution in [-0.4, -0.2) is 37.1 Å². The zero-order valence-electron chi connectivity index (χ0n) is 12.1. The third-order valence-electron chi connectivity index (χ3n) is 3.49. The van der Waals surface area contributed by atoms with E-state index >= 15 is 0 Å². The molecular weight excluding hydrogens is 308 g/mol. The Morgan fingerprint density at radius 2 is 2.19 bits per heavy atom. The van der Waals surface area contributed by atoms with Gasteiger partial charge in [-0.25, -0.2) is 0 Å². The molecule has 114 valence electrons. The van der Waals surface area contributed by atoms with E-state index < -0.39 is 0 Å². The highest BCUT2D eigenvalue weighted by atomic mass is 35.5. The van der Waals surface area contributed by atoms with Gasteiger partial charge in [0.2, 0.25) is 5.91 Å². The molecule has 21 heavy (non-hydrogen) atoms. The molecule has 4 nitrogen and oxygen atoms in total. The number of ether oxygens (including phenoxy) is 1. The van der Waals surface area contributed by atoms with Crippen LogP contribution in [0.2, 0.25) is 5.02 Å². The van der Waals surface area contributed by atoms with Crippen LogP contribution in [-0.2, 0) is 16.1 Å². The summed E-state index contributed by atoms with van der Waals surface area (Å²) in [5.41, 5.74) is 5.42. The lowest BCUT2D eigenvalue weighted by molar-refractivity contribution is -0.123. The summed E-state index contributed by atoms with van der Waals surface area (Å²) in [6, 6.07) is 7.66. The van der Waals surface area contributed by atoms with Gasteiger partial charge in [0.25, 0.3) is 0 Å². The van der Waals surface area contributed by atoms with E-state index in [0.717, 1.165) is 20.0 Å². The smallest absolute Gasteiger partial charge is 0.234 e. The third kappa shape index (κ3) is 3.74. The molecule has 2 aromatic rings. The maximum atomic E-state index is 11.5. The topological polar surface area (TPSA) is 55.6 Å². The summed E-state index contributed by atoms with van der Waals surface area (Å²) in [6.45, 7) is 3.57. The molecule has 6 heteroatoms. The Kier molecular flexibility index (Phi) is 5.58. The third-order valence-corrected chi connectivity index (χ3v) is 5.19. The van der Waals surface area contributed by atoms with Crippen molar-refractivity contribution in [3.63, 3.8) is 0 Å². The molecule has 1 amide bonds. The summed E-state index contributed by atoms with van der Waals surface area (Å²) < 4.78 is 6.25. The Hall–Kier alpha value is -1.14. The van der Waals surface area contributed by atoms with Crippen LogP contribution in [0.3, 0.4) is 0 Å². The van der Waals surface area contributed by atoms with Gasteiger partial charge in [-0.3, -0.25) is 9.69 Å². The zero-order valence-corrected chi connectivity index (χ0v) is 13.7. The highest BCUT2D eigenvalue weighted by Crippen LogP contribution is 2.36. The van der Waals surface area contributed by atoms with Crippen molar-refractivity contribution >= 4 is 38.9 Å². The lowest BCUT2D eigenvalue weighted by atomic mass is 10.2. The Morgan fingerprint density at radius 1 is 1.48 bits per heavy atom. The number of methoxy groups -OCH3 is 1. The molecular formula is C15H19ClN2O2S. The highest BCUT2D eigenvalue weighted by Gasteiger charge is 2.21. The highest BCUT2D eigenvalue weighted by molar-refractivity contribution is 7.19. The second-order valence-corrected chi connectivity index (χ2v) is 6.39. The van der Waals surface area contributed by atoms with Crippen LogP contribution in [0.4, 0.5) is 0 Å². The van der Waals surface area contributed by atoms with Crippen molar-refractivity contribution in [1.82, 2.24) is 4.90 Å². The van der Waals surface area contributed by atoms with Gasteiger partial charge in [0.1, 0.15) is 0 Å². The minimum Gasteiger partial charge on any atom is -0.383 e. The van der Waals surface area contributed by atoms with Crippen LogP contribution in [0, 0.1) is 0 Å². The van der Waals surface area contributed by atoms with E-state index in [-0.39, 0.29) is 11.9 Å². The molecule has 0 radical (unpaired) electrons. The summed E-state index contributed by atoms with van der Waals surface area (Å²) in [6.07, 6.45) is 0. The van der Waals surface area contributed by atoms with E-state index in [1.54, 1.807) is 25.4 Å². The van der Waals surface area contributed by atoms with Crippen molar-refractivity contribution in [2.24, 2.45) is 5.73 Å². The van der Waals surface area contributed by atoms with Crippen molar-refractivity contribution in [3.05, 3.63) is 34.2 Å². The van der Waals surface area contributed by atoms with E-state index in [2.05, 4.69) is 0 Å². The molecule has 1 aromatic carbocycles. The number of rotatable bonds is 7. The fourth-order valence-corrected chi connectivity index (χ4v) is 3.67. The maximum absolute atomic E-state index is 11.5. The number of carbonyl (C=O) groups excluding carboxylic acids is 1. The van der Waals surface area contributed by atoms with E-state index in [9.17, 15) is 4.79 Å². The van der Waals surface area contributed by atoms with Gasteiger partial charge >= 0.3 is 0 Å². The van der Waals surface area contributed by atoms with Gasteiger partial charge in [0.15, 0.2) is 0 Å².